The largest absolute Gasteiger partial charge is 0.455 e. The van der Waals surface area contributed by atoms with Crippen LogP contribution in [0.4, 0.5) is 0 Å². The van der Waals surface area contributed by atoms with Gasteiger partial charge in [-0.25, -0.2) is 5.43 Å². The summed E-state index contributed by atoms with van der Waals surface area (Å²) in [7, 11) is 0. The van der Waals surface area contributed by atoms with Gasteiger partial charge in [-0.3, -0.25) is 4.79 Å². The van der Waals surface area contributed by atoms with Crippen LogP contribution >= 0.6 is 11.6 Å². The smallest absolute Gasteiger partial charge is 0.273 e. The van der Waals surface area contributed by atoms with Crippen LogP contribution in [0.5, 0.6) is 0 Å². The van der Waals surface area contributed by atoms with Crippen molar-refractivity contribution in [2.75, 3.05) is 0 Å². The molecule has 26 heavy (non-hydrogen) atoms. The zero-order valence-corrected chi connectivity index (χ0v) is 14.8. The molecule has 2 aromatic carbocycles. The van der Waals surface area contributed by atoms with Crippen molar-refractivity contribution in [3.63, 3.8) is 0 Å². The van der Waals surface area contributed by atoms with Gasteiger partial charge in [0.15, 0.2) is 6.10 Å². The lowest BCUT2D eigenvalue weighted by atomic mass is 10.1. The molecule has 0 saturated carbocycles. The van der Waals surface area contributed by atoms with Crippen molar-refractivity contribution in [3.8, 4) is 11.3 Å². The van der Waals surface area contributed by atoms with Gasteiger partial charge in [0, 0.05) is 10.6 Å². The van der Waals surface area contributed by atoms with Crippen LogP contribution in [0.3, 0.4) is 0 Å². The highest BCUT2D eigenvalue weighted by Crippen LogP contribution is 2.26. The lowest BCUT2D eigenvalue weighted by molar-refractivity contribution is -0.129. The fraction of sp³-hybridized carbons (Fsp3) is 0.100. The molecule has 132 valence electrons. The van der Waals surface area contributed by atoms with Gasteiger partial charge in [0.1, 0.15) is 11.5 Å². The number of carbonyl (C=O) groups excluding carboxylic acids is 1. The molecule has 0 unspecified atom stereocenters. The fourth-order valence-corrected chi connectivity index (χ4v) is 2.51. The first-order valence-electron chi connectivity index (χ1n) is 7.97. The van der Waals surface area contributed by atoms with Gasteiger partial charge in [-0.05, 0) is 36.2 Å². The highest BCUT2D eigenvalue weighted by atomic mass is 35.5. The first kappa shape index (κ1) is 17.9. The van der Waals surface area contributed by atoms with Crippen molar-refractivity contribution in [1.82, 2.24) is 5.43 Å². The molecule has 1 amide bonds. The lowest BCUT2D eigenvalue weighted by Crippen LogP contribution is -2.25. The zero-order chi connectivity index (χ0) is 18.5. The molecule has 0 fully saturated rings. The molecule has 6 heteroatoms. The summed E-state index contributed by atoms with van der Waals surface area (Å²) in [6, 6.07) is 17.8. The van der Waals surface area contributed by atoms with Crippen molar-refractivity contribution in [1.29, 1.82) is 0 Å². The number of hydrogen-bond acceptors (Lipinski definition) is 4. The summed E-state index contributed by atoms with van der Waals surface area (Å²) in [4.78, 5) is 11.9. The molecule has 1 heterocycles. The third-order valence-electron chi connectivity index (χ3n) is 3.81. The number of nitrogens with one attached hydrogen (secondary N) is 1. The van der Waals surface area contributed by atoms with E-state index in [4.69, 9.17) is 16.0 Å². The molecule has 5 nitrogen and oxygen atoms in total. The van der Waals surface area contributed by atoms with E-state index in [1.54, 1.807) is 36.4 Å². The van der Waals surface area contributed by atoms with Crippen LogP contribution < -0.4 is 5.43 Å². The second-order valence-corrected chi connectivity index (χ2v) is 6.12. The number of hydrazone groups is 1. The molecule has 0 aliphatic heterocycles. The number of aliphatic hydroxyl groups excluding tert-OH is 1. The SMILES string of the molecule is Cc1ccc(-c2ccc(C=NNC(=O)[C@H](O)c3ccccc3)o2)cc1Cl. The van der Waals surface area contributed by atoms with E-state index in [0.717, 1.165) is 11.1 Å². The number of aliphatic hydroxyl groups is 1. The monoisotopic (exact) mass is 368 g/mol. The van der Waals surface area contributed by atoms with Gasteiger partial charge >= 0.3 is 0 Å². The van der Waals surface area contributed by atoms with Gasteiger partial charge in [-0.2, -0.15) is 5.10 Å². The summed E-state index contributed by atoms with van der Waals surface area (Å²) in [5, 5.41) is 14.5. The Bertz CT molecular complexity index is 935. The molecular weight excluding hydrogens is 352 g/mol. The predicted molar refractivity (Wildman–Crippen MR) is 101 cm³/mol. The molecule has 0 radical (unpaired) electrons. The van der Waals surface area contributed by atoms with E-state index < -0.39 is 12.0 Å². The third-order valence-corrected chi connectivity index (χ3v) is 4.22. The Hall–Kier alpha value is -2.89. The Morgan fingerprint density at radius 1 is 1.19 bits per heavy atom. The first-order chi connectivity index (χ1) is 12.5. The molecule has 0 bridgehead atoms. The van der Waals surface area contributed by atoms with Crippen LogP contribution in [0.1, 0.15) is 23.0 Å². The minimum absolute atomic E-state index is 0.464. The van der Waals surface area contributed by atoms with E-state index in [1.807, 2.05) is 31.2 Å². The van der Waals surface area contributed by atoms with E-state index in [-0.39, 0.29) is 0 Å². The summed E-state index contributed by atoms with van der Waals surface area (Å²) in [6.07, 6.45) is 0.0877. The van der Waals surface area contributed by atoms with Crippen molar-refractivity contribution in [3.05, 3.63) is 82.6 Å². The molecule has 1 aromatic heterocycles. The first-order valence-corrected chi connectivity index (χ1v) is 8.34. The van der Waals surface area contributed by atoms with Gasteiger partial charge in [0.2, 0.25) is 0 Å². The number of aryl methyl sites for hydroxylation is 1. The minimum Gasteiger partial charge on any atom is -0.455 e. The number of carbonyl (C=O) groups is 1. The van der Waals surface area contributed by atoms with Crippen LogP contribution in [0, 0.1) is 6.92 Å². The Morgan fingerprint density at radius 3 is 2.69 bits per heavy atom. The summed E-state index contributed by atoms with van der Waals surface area (Å²) in [5.74, 6) is 0.486. The Labute approximate surface area is 155 Å². The van der Waals surface area contributed by atoms with E-state index in [2.05, 4.69) is 10.5 Å². The summed E-state index contributed by atoms with van der Waals surface area (Å²) >= 11 is 6.13. The lowest BCUT2D eigenvalue weighted by Gasteiger charge is -2.08. The van der Waals surface area contributed by atoms with E-state index in [0.29, 0.717) is 22.1 Å². The molecule has 0 saturated heterocycles. The second kappa shape index (κ2) is 7.99. The Kier molecular flexibility index (Phi) is 5.51. The maximum atomic E-state index is 11.9. The summed E-state index contributed by atoms with van der Waals surface area (Å²) in [5.41, 5.74) is 4.63. The highest BCUT2D eigenvalue weighted by Gasteiger charge is 2.16. The maximum absolute atomic E-state index is 11.9. The van der Waals surface area contributed by atoms with Crippen molar-refractivity contribution in [2.24, 2.45) is 5.10 Å². The maximum Gasteiger partial charge on any atom is 0.273 e. The van der Waals surface area contributed by atoms with Gasteiger partial charge < -0.3 is 9.52 Å². The van der Waals surface area contributed by atoms with Gasteiger partial charge in [0.25, 0.3) is 5.91 Å². The molecule has 3 aromatic rings. The third kappa shape index (κ3) is 4.20. The Morgan fingerprint density at radius 2 is 1.96 bits per heavy atom. The number of halogens is 1. The average molecular weight is 369 g/mol. The number of rotatable bonds is 5. The summed E-state index contributed by atoms with van der Waals surface area (Å²) < 4.78 is 5.67. The molecule has 1 atom stereocenters. The van der Waals surface area contributed by atoms with Gasteiger partial charge in [-0.15, -0.1) is 0 Å². The van der Waals surface area contributed by atoms with Crippen LogP contribution in [0.15, 0.2) is 70.2 Å². The molecule has 3 rings (SSSR count). The number of amides is 1. The van der Waals surface area contributed by atoms with Crippen LogP contribution in [-0.4, -0.2) is 17.2 Å². The topological polar surface area (TPSA) is 74.8 Å². The van der Waals surface area contributed by atoms with Crippen LogP contribution in [0.25, 0.3) is 11.3 Å². The summed E-state index contributed by atoms with van der Waals surface area (Å²) in [6.45, 7) is 1.93. The minimum atomic E-state index is -1.28. The predicted octanol–water partition coefficient (Wildman–Crippen LogP) is 4.09. The van der Waals surface area contributed by atoms with Gasteiger partial charge in [-0.1, -0.05) is 54.1 Å². The van der Waals surface area contributed by atoms with Gasteiger partial charge in [0.05, 0.1) is 6.21 Å². The van der Waals surface area contributed by atoms with E-state index in [1.165, 1.54) is 6.21 Å². The normalized spacial score (nSPS) is 12.3. The second-order valence-electron chi connectivity index (χ2n) is 5.71. The number of hydrogen-bond donors (Lipinski definition) is 2. The molecule has 2 N–H and O–H groups in total. The number of furan rings is 1. The standard InChI is InChI=1S/C20H17ClN2O3/c1-13-7-8-15(11-17(13)21)18-10-9-16(26-18)12-22-23-20(25)19(24)14-5-3-2-4-6-14/h2-12,19,24H,1H3,(H,23,25)/t19-/m1/s1. The molecular formula is C20H17ClN2O3. The molecule has 0 spiro atoms. The van der Waals surface area contributed by atoms with E-state index in [9.17, 15) is 9.90 Å². The number of nitrogens with zero attached hydrogens (tertiary/aromatic N) is 1. The molecule has 0 aliphatic rings. The van der Waals surface area contributed by atoms with Crippen molar-refractivity contribution < 1.29 is 14.3 Å². The van der Waals surface area contributed by atoms with Crippen molar-refractivity contribution in [2.45, 2.75) is 13.0 Å². The number of benzene rings is 2. The fourth-order valence-electron chi connectivity index (χ4n) is 2.33. The van der Waals surface area contributed by atoms with Crippen LogP contribution in [-0.2, 0) is 4.79 Å². The van der Waals surface area contributed by atoms with Crippen LogP contribution in [0.2, 0.25) is 5.02 Å². The Balaban J connectivity index is 1.63. The van der Waals surface area contributed by atoms with Crippen molar-refractivity contribution >= 4 is 23.7 Å². The molecule has 0 aliphatic carbocycles. The zero-order valence-electron chi connectivity index (χ0n) is 14.0. The quantitative estimate of drug-likeness (QED) is 0.526. The highest BCUT2D eigenvalue weighted by molar-refractivity contribution is 6.31. The average Bonchev–Trinajstić information content (AvgIpc) is 3.13. The van der Waals surface area contributed by atoms with E-state index >= 15 is 0 Å².